The Labute approximate surface area is 109 Å². The van der Waals surface area contributed by atoms with Gasteiger partial charge in [0.05, 0.1) is 12.6 Å². The molecular formula is C13H12N4O2. The number of hydrogen-bond acceptors (Lipinski definition) is 6. The van der Waals surface area contributed by atoms with Gasteiger partial charge in [0.25, 0.3) is 5.89 Å². The van der Waals surface area contributed by atoms with Gasteiger partial charge < -0.3 is 14.4 Å². The van der Waals surface area contributed by atoms with E-state index in [0.717, 1.165) is 11.3 Å². The van der Waals surface area contributed by atoms with Crippen molar-refractivity contribution in [1.82, 2.24) is 15.3 Å². The second kappa shape index (κ2) is 4.93. The molecule has 0 spiro atoms. The van der Waals surface area contributed by atoms with Crippen LogP contribution in [0.1, 0.15) is 11.6 Å². The van der Waals surface area contributed by atoms with Crippen LogP contribution < -0.4 is 5.32 Å². The third-order valence-electron chi connectivity index (χ3n) is 2.69. The fraction of sp³-hybridized carbons (Fsp3) is 0.154. The van der Waals surface area contributed by atoms with E-state index in [2.05, 4.69) is 20.6 Å². The van der Waals surface area contributed by atoms with Crippen molar-refractivity contribution in [1.29, 1.82) is 0 Å². The Morgan fingerprint density at radius 3 is 2.95 bits per heavy atom. The molecule has 0 fully saturated rings. The number of benzene rings is 1. The summed E-state index contributed by atoms with van der Waals surface area (Å²) in [5.41, 5.74) is 1.87. The highest BCUT2D eigenvalue weighted by molar-refractivity contribution is 5.60. The van der Waals surface area contributed by atoms with E-state index in [1.54, 1.807) is 12.3 Å². The van der Waals surface area contributed by atoms with Gasteiger partial charge in [-0.15, -0.1) is 0 Å². The Morgan fingerprint density at radius 1 is 1.21 bits per heavy atom. The summed E-state index contributed by atoms with van der Waals surface area (Å²) in [6, 6.07) is 9.55. The van der Waals surface area contributed by atoms with Gasteiger partial charge in [-0.2, -0.15) is 4.98 Å². The minimum absolute atomic E-state index is 0.467. The molecule has 0 saturated carbocycles. The maximum absolute atomic E-state index is 5.25. The Balaban J connectivity index is 1.84. The van der Waals surface area contributed by atoms with E-state index >= 15 is 0 Å². The Hall–Kier alpha value is -2.63. The molecule has 0 aliphatic rings. The Kier molecular flexibility index (Phi) is 2.97. The van der Waals surface area contributed by atoms with Crippen molar-refractivity contribution in [3.8, 4) is 11.5 Å². The molecule has 96 valence electrons. The summed E-state index contributed by atoms with van der Waals surface area (Å²) < 4.78 is 10.3. The molecular weight excluding hydrogens is 244 g/mol. The predicted molar refractivity (Wildman–Crippen MR) is 68.6 cm³/mol. The molecule has 3 rings (SSSR count). The number of nitrogens with zero attached hydrogens (tertiary/aromatic N) is 3. The molecule has 0 amide bonds. The average molecular weight is 256 g/mol. The van der Waals surface area contributed by atoms with Gasteiger partial charge in [0, 0.05) is 24.4 Å². The first-order valence-electron chi connectivity index (χ1n) is 5.85. The third kappa shape index (κ3) is 2.47. The van der Waals surface area contributed by atoms with Gasteiger partial charge >= 0.3 is 0 Å². The number of hydrogen-bond donors (Lipinski definition) is 1. The molecule has 0 aliphatic carbocycles. The highest BCUT2D eigenvalue weighted by Crippen LogP contribution is 2.21. The number of nitrogens with one attached hydrogen (secondary N) is 1. The van der Waals surface area contributed by atoms with Crippen molar-refractivity contribution in [2.24, 2.45) is 0 Å². The summed E-state index contributed by atoms with van der Waals surface area (Å²) in [6.45, 7) is 0. The molecule has 0 atom stereocenters. The molecule has 0 radical (unpaired) electrons. The van der Waals surface area contributed by atoms with E-state index in [-0.39, 0.29) is 0 Å². The molecule has 2 heterocycles. The van der Waals surface area contributed by atoms with Gasteiger partial charge in [0.2, 0.25) is 0 Å². The van der Waals surface area contributed by atoms with Crippen LogP contribution in [0.15, 0.2) is 45.6 Å². The summed E-state index contributed by atoms with van der Waals surface area (Å²) in [5.74, 6) is 1.77. The van der Waals surface area contributed by atoms with Crippen LogP contribution in [0, 0.1) is 0 Å². The van der Waals surface area contributed by atoms with Gasteiger partial charge in [0.1, 0.15) is 5.76 Å². The van der Waals surface area contributed by atoms with E-state index in [1.807, 2.05) is 31.3 Å². The zero-order valence-electron chi connectivity index (χ0n) is 10.3. The van der Waals surface area contributed by atoms with E-state index in [9.17, 15) is 0 Å². The minimum atomic E-state index is 0.467. The number of rotatable bonds is 4. The second-order valence-electron chi connectivity index (χ2n) is 4.00. The van der Waals surface area contributed by atoms with Crippen LogP contribution in [0.25, 0.3) is 11.5 Å². The van der Waals surface area contributed by atoms with Gasteiger partial charge in [-0.3, -0.25) is 0 Å². The quantitative estimate of drug-likeness (QED) is 0.772. The molecule has 3 aromatic rings. The van der Waals surface area contributed by atoms with Gasteiger partial charge in [-0.25, -0.2) is 0 Å². The van der Waals surface area contributed by atoms with Crippen LogP contribution in [-0.2, 0) is 6.42 Å². The first kappa shape index (κ1) is 11.5. The van der Waals surface area contributed by atoms with Gasteiger partial charge in [0.15, 0.2) is 5.82 Å². The molecule has 0 bridgehead atoms. The summed E-state index contributed by atoms with van der Waals surface area (Å²) in [4.78, 5) is 4.34. The van der Waals surface area contributed by atoms with E-state index < -0.39 is 0 Å². The highest BCUT2D eigenvalue weighted by atomic mass is 16.5. The SMILES string of the molecule is CNc1cccc(-c2nc(Cc3ccno3)no2)c1. The van der Waals surface area contributed by atoms with Crippen LogP contribution in [0.4, 0.5) is 5.69 Å². The fourth-order valence-corrected chi connectivity index (χ4v) is 1.74. The van der Waals surface area contributed by atoms with E-state index in [0.29, 0.717) is 23.9 Å². The van der Waals surface area contributed by atoms with Gasteiger partial charge in [-0.05, 0) is 18.2 Å². The lowest BCUT2D eigenvalue weighted by molar-refractivity contribution is 0.382. The molecule has 1 aromatic carbocycles. The number of aromatic nitrogens is 3. The Morgan fingerprint density at radius 2 is 2.16 bits per heavy atom. The first-order valence-corrected chi connectivity index (χ1v) is 5.85. The lowest BCUT2D eigenvalue weighted by Crippen LogP contribution is -1.89. The molecule has 0 unspecified atom stereocenters. The van der Waals surface area contributed by atoms with Crippen molar-refractivity contribution in [3.63, 3.8) is 0 Å². The normalized spacial score (nSPS) is 10.6. The largest absolute Gasteiger partial charge is 0.388 e. The van der Waals surface area contributed by atoms with Crippen molar-refractivity contribution >= 4 is 5.69 Å². The van der Waals surface area contributed by atoms with E-state index in [4.69, 9.17) is 9.05 Å². The van der Waals surface area contributed by atoms with E-state index in [1.165, 1.54) is 0 Å². The molecule has 6 heteroatoms. The van der Waals surface area contributed by atoms with Crippen LogP contribution in [0.5, 0.6) is 0 Å². The van der Waals surface area contributed by atoms with Gasteiger partial charge in [-0.1, -0.05) is 16.4 Å². The number of anilines is 1. The van der Waals surface area contributed by atoms with Crippen LogP contribution >= 0.6 is 0 Å². The zero-order chi connectivity index (χ0) is 13.1. The summed E-state index contributed by atoms with van der Waals surface area (Å²) in [7, 11) is 1.86. The monoisotopic (exact) mass is 256 g/mol. The van der Waals surface area contributed by atoms with Crippen LogP contribution in [0.2, 0.25) is 0 Å². The summed E-state index contributed by atoms with van der Waals surface area (Å²) >= 11 is 0. The van der Waals surface area contributed by atoms with Crippen LogP contribution in [0.3, 0.4) is 0 Å². The molecule has 19 heavy (non-hydrogen) atoms. The molecule has 2 aromatic heterocycles. The third-order valence-corrected chi connectivity index (χ3v) is 2.69. The maximum Gasteiger partial charge on any atom is 0.258 e. The molecule has 1 N–H and O–H groups in total. The topological polar surface area (TPSA) is 77.0 Å². The van der Waals surface area contributed by atoms with Crippen molar-refractivity contribution in [2.75, 3.05) is 12.4 Å². The average Bonchev–Trinajstić information content (AvgIpc) is 3.11. The lowest BCUT2D eigenvalue weighted by Gasteiger charge is -2.00. The highest BCUT2D eigenvalue weighted by Gasteiger charge is 2.11. The second-order valence-corrected chi connectivity index (χ2v) is 4.00. The molecule has 6 nitrogen and oxygen atoms in total. The van der Waals surface area contributed by atoms with Crippen molar-refractivity contribution in [2.45, 2.75) is 6.42 Å². The van der Waals surface area contributed by atoms with Crippen LogP contribution in [-0.4, -0.2) is 22.3 Å². The maximum atomic E-state index is 5.25. The summed E-state index contributed by atoms with van der Waals surface area (Å²) in [5, 5.41) is 10.6. The van der Waals surface area contributed by atoms with Crippen molar-refractivity contribution < 1.29 is 9.05 Å². The predicted octanol–water partition coefficient (Wildman–Crippen LogP) is 2.36. The van der Waals surface area contributed by atoms with Crippen molar-refractivity contribution in [3.05, 3.63) is 48.1 Å². The molecule has 0 saturated heterocycles. The zero-order valence-corrected chi connectivity index (χ0v) is 10.3. The Bertz CT molecular complexity index is 661. The summed E-state index contributed by atoms with van der Waals surface area (Å²) in [6.07, 6.45) is 2.06. The fourth-order valence-electron chi connectivity index (χ4n) is 1.74. The standard InChI is InChI=1S/C13H12N4O2/c1-14-10-4-2-3-9(7-10)13-16-12(17-19-13)8-11-5-6-15-18-11/h2-7,14H,8H2,1H3. The molecule has 0 aliphatic heterocycles. The smallest absolute Gasteiger partial charge is 0.258 e. The minimum Gasteiger partial charge on any atom is -0.388 e. The first-order chi connectivity index (χ1) is 9.35. The lowest BCUT2D eigenvalue weighted by atomic mass is 10.2.